The quantitative estimate of drug-likeness (QED) is 0.0765. The Morgan fingerprint density at radius 2 is 1.29 bits per heavy atom. The predicted molar refractivity (Wildman–Crippen MR) is 143 cm³/mol. The number of carbonyl (C=O) groups is 8. The maximum Gasteiger partial charge on any atom is 0.322 e. The molecular formula is C24H34N8O10. The zero-order valence-electron chi connectivity index (χ0n) is 22.4. The van der Waals surface area contributed by atoms with E-state index in [4.69, 9.17) is 22.3 Å². The highest BCUT2D eigenvalue weighted by Gasteiger charge is 2.26. The summed E-state index contributed by atoms with van der Waals surface area (Å²) in [6.07, 6.45) is -1.12. The molecule has 3 atom stereocenters. The highest BCUT2D eigenvalue weighted by atomic mass is 16.4. The zero-order chi connectivity index (χ0) is 31.8. The summed E-state index contributed by atoms with van der Waals surface area (Å²) in [6.45, 7) is -1.98. The first-order chi connectivity index (χ1) is 19.7. The minimum atomic E-state index is -1.36. The Kier molecular flexibility index (Phi) is 14.4. The number of rotatable bonds is 18. The molecule has 0 aliphatic rings. The van der Waals surface area contributed by atoms with Crippen molar-refractivity contribution in [1.82, 2.24) is 26.6 Å². The van der Waals surface area contributed by atoms with Gasteiger partial charge >= 0.3 is 5.97 Å². The number of carboxylic acids is 1. The van der Waals surface area contributed by atoms with Crippen LogP contribution < -0.4 is 43.8 Å². The summed E-state index contributed by atoms with van der Waals surface area (Å²) in [4.78, 5) is 94.7. The second-order valence-corrected chi connectivity index (χ2v) is 8.94. The van der Waals surface area contributed by atoms with Gasteiger partial charge in [-0.1, -0.05) is 12.1 Å². The Balaban J connectivity index is 2.70. The summed E-state index contributed by atoms with van der Waals surface area (Å²) in [5, 5.41) is 29.4. The van der Waals surface area contributed by atoms with Gasteiger partial charge in [-0.05, 0) is 24.1 Å². The number of carboxylic acid groups (broad SMARTS) is 1. The number of phenols is 1. The smallest absolute Gasteiger partial charge is 0.322 e. The minimum Gasteiger partial charge on any atom is -0.508 e. The number of benzene rings is 1. The lowest BCUT2D eigenvalue weighted by molar-refractivity contribution is -0.138. The molecule has 7 amide bonds. The standard InChI is InChI=1S/C24H34N8O10/c25-14(8-18(27)35)22(40)32-15(5-6-17(26)34)23(41)29-9-19(36)28-10-20(37)31-16(24(42)30-11-21(38)39)7-12-1-3-13(33)4-2-12/h1-4,14-16,33H,5-11,25H2,(H2,26,34)(H2,27,35)(H,28,36)(H,29,41)(H,30,42)(H,31,37)(H,32,40)(H,38,39)/t14-,15-,16-/m0/s1. The Bertz CT molecular complexity index is 1170. The number of hydrogen-bond acceptors (Lipinski definition) is 10. The second-order valence-electron chi connectivity index (χ2n) is 8.94. The number of hydrogen-bond donors (Lipinski definition) is 10. The molecule has 13 N–H and O–H groups in total. The number of phenolic OH excluding ortho intramolecular Hbond substituents is 1. The first kappa shape index (κ1) is 34.8. The third-order valence-corrected chi connectivity index (χ3v) is 5.38. The molecule has 0 saturated heterocycles. The minimum absolute atomic E-state index is 0.0299. The molecule has 18 nitrogen and oxygen atoms in total. The Hall–Kier alpha value is -5.26. The van der Waals surface area contributed by atoms with E-state index in [2.05, 4.69) is 26.6 Å². The average Bonchev–Trinajstić information content (AvgIpc) is 2.91. The molecule has 230 valence electrons. The number of aromatic hydroxyl groups is 1. The monoisotopic (exact) mass is 594 g/mol. The second kappa shape index (κ2) is 17.4. The third kappa shape index (κ3) is 14.2. The van der Waals surface area contributed by atoms with E-state index in [1.807, 2.05) is 0 Å². The molecule has 42 heavy (non-hydrogen) atoms. The molecule has 0 unspecified atom stereocenters. The van der Waals surface area contributed by atoms with Crippen molar-refractivity contribution in [2.75, 3.05) is 19.6 Å². The normalized spacial score (nSPS) is 12.5. The fraction of sp³-hybridized carbons (Fsp3) is 0.417. The number of nitrogens with one attached hydrogen (secondary N) is 5. The maximum atomic E-state index is 12.5. The zero-order valence-corrected chi connectivity index (χ0v) is 22.4. The van der Waals surface area contributed by atoms with E-state index in [9.17, 15) is 43.5 Å². The number of amides is 7. The summed E-state index contributed by atoms with van der Waals surface area (Å²) in [5.74, 6) is -7.23. The van der Waals surface area contributed by atoms with Crippen LogP contribution in [0.2, 0.25) is 0 Å². The van der Waals surface area contributed by atoms with E-state index < -0.39 is 91.5 Å². The van der Waals surface area contributed by atoms with Crippen LogP contribution in [0.4, 0.5) is 0 Å². The van der Waals surface area contributed by atoms with Crippen LogP contribution in [-0.4, -0.2) is 95.3 Å². The van der Waals surface area contributed by atoms with E-state index in [0.717, 1.165) is 0 Å². The van der Waals surface area contributed by atoms with Crippen molar-refractivity contribution in [1.29, 1.82) is 0 Å². The lowest BCUT2D eigenvalue weighted by atomic mass is 10.0. The van der Waals surface area contributed by atoms with Gasteiger partial charge in [0, 0.05) is 12.8 Å². The average molecular weight is 595 g/mol. The fourth-order valence-corrected chi connectivity index (χ4v) is 3.28. The molecule has 0 spiro atoms. The number of aliphatic carboxylic acids is 1. The molecule has 18 heteroatoms. The topological polar surface area (TPSA) is 315 Å². The van der Waals surface area contributed by atoms with Crippen LogP contribution in [-0.2, 0) is 44.8 Å². The Morgan fingerprint density at radius 3 is 1.86 bits per heavy atom. The number of primary amides is 2. The van der Waals surface area contributed by atoms with Gasteiger partial charge in [-0.15, -0.1) is 0 Å². The lowest BCUT2D eigenvalue weighted by Crippen LogP contribution is -2.54. The summed E-state index contributed by atoms with van der Waals surface area (Å²) >= 11 is 0. The van der Waals surface area contributed by atoms with Gasteiger partial charge in [-0.2, -0.15) is 0 Å². The van der Waals surface area contributed by atoms with Gasteiger partial charge in [0.2, 0.25) is 41.4 Å². The Morgan fingerprint density at radius 1 is 0.714 bits per heavy atom. The third-order valence-electron chi connectivity index (χ3n) is 5.38. The maximum absolute atomic E-state index is 12.5. The van der Waals surface area contributed by atoms with Crippen LogP contribution in [0.1, 0.15) is 24.8 Å². The first-order valence-electron chi connectivity index (χ1n) is 12.4. The molecule has 0 saturated carbocycles. The van der Waals surface area contributed by atoms with Crippen LogP contribution in [0.5, 0.6) is 5.75 Å². The van der Waals surface area contributed by atoms with Crippen molar-refractivity contribution in [3.63, 3.8) is 0 Å². The Labute approximate surface area is 239 Å². The van der Waals surface area contributed by atoms with E-state index >= 15 is 0 Å². The van der Waals surface area contributed by atoms with Gasteiger partial charge in [0.05, 0.1) is 25.6 Å². The molecule has 0 aromatic heterocycles. The van der Waals surface area contributed by atoms with Crippen LogP contribution in [0.25, 0.3) is 0 Å². The molecule has 1 rings (SSSR count). The van der Waals surface area contributed by atoms with Crippen molar-refractivity contribution in [3.8, 4) is 5.75 Å². The van der Waals surface area contributed by atoms with Crippen molar-refractivity contribution in [2.45, 2.75) is 43.8 Å². The van der Waals surface area contributed by atoms with E-state index in [0.29, 0.717) is 5.56 Å². The number of carbonyl (C=O) groups excluding carboxylic acids is 7. The number of nitrogens with two attached hydrogens (primary N) is 3. The van der Waals surface area contributed by atoms with E-state index in [1.54, 1.807) is 0 Å². The molecule has 0 bridgehead atoms. The van der Waals surface area contributed by atoms with Crippen molar-refractivity contribution in [2.24, 2.45) is 17.2 Å². The molecule has 1 aromatic carbocycles. The van der Waals surface area contributed by atoms with Crippen LogP contribution in [0.15, 0.2) is 24.3 Å². The molecule has 0 aliphatic carbocycles. The molecule has 0 fully saturated rings. The highest BCUT2D eigenvalue weighted by molar-refractivity contribution is 5.95. The van der Waals surface area contributed by atoms with Crippen molar-refractivity contribution < 1.29 is 48.6 Å². The molecule has 0 radical (unpaired) electrons. The van der Waals surface area contributed by atoms with Crippen molar-refractivity contribution >= 4 is 47.3 Å². The summed E-state index contributed by atoms with van der Waals surface area (Å²) < 4.78 is 0. The molecular weight excluding hydrogens is 560 g/mol. The van der Waals surface area contributed by atoms with Crippen LogP contribution >= 0.6 is 0 Å². The first-order valence-corrected chi connectivity index (χ1v) is 12.4. The van der Waals surface area contributed by atoms with Gasteiger partial charge in [-0.3, -0.25) is 38.4 Å². The molecule has 0 heterocycles. The van der Waals surface area contributed by atoms with Gasteiger partial charge in [-0.25, -0.2) is 0 Å². The molecule has 0 aliphatic heterocycles. The van der Waals surface area contributed by atoms with Crippen molar-refractivity contribution in [3.05, 3.63) is 29.8 Å². The summed E-state index contributed by atoms with van der Waals surface area (Å²) in [6, 6.07) is 1.77. The highest BCUT2D eigenvalue weighted by Crippen LogP contribution is 2.11. The largest absolute Gasteiger partial charge is 0.508 e. The summed E-state index contributed by atoms with van der Waals surface area (Å²) in [7, 11) is 0. The molecule has 1 aromatic rings. The van der Waals surface area contributed by atoms with E-state index in [-0.39, 0.29) is 25.0 Å². The van der Waals surface area contributed by atoms with E-state index in [1.165, 1.54) is 24.3 Å². The fourth-order valence-electron chi connectivity index (χ4n) is 3.28. The van der Waals surface area contributed by atoms with Gasteiger partial charge in [0.15, 0.2) is 0 Å². The van der Waals surface area contributed by atoms with Gasteiger partial charge < -0.3 is 54.0 Å². The van der Waals surface area contributed by atoms with Gasteiger partial charge in [0.25, 0.3) is 0 Å². The van der Waals surface area contributed by atoms with Gasteiger partial charge in [0.1, 0.15) is 24.4 Å². The van der Waals surface area contributed by atoms with Crippen LogP contribution in [0.3, 0.4) is 0 Å². The van der Waals surface area contributed by atoms with Crippen LogP contribution in [0, 0.1) is 0 Å². The SMILES string of the molecule is NC(=O)CC[C@H](NC(=O)[C@@H](N)CC(N)=O)C(=O)NCC(=O)NCC(=O)N[C@@H](Cc1ccc(O)cc1)C(=O)NCC(=O)O. The summed E-state index contributed by atoms with van der Waals surface area (Å²) in [5.41, 5.74) is 16.2. The predicted octanol–water partition coefficient (Wildman–Crippen LogP) is -5.19. The lowest BCUT2D eigenvalue weighted by Gasteiger charge is -2.20.